The first-order chi connectivity index (χ1) is 56.7. The Morgan fingerprint density at radius 2 is 0.403 bits per heavy atom. The maximum atomic E-state index is 13.7. The Kier molecular flexibility index (Phi) is 34.4. The smallest absolute Gasteiger partial charge is 0.545 e. The van der Waals surface area contributed by atoms with E-state index in [0.717, 1.165) is 61.6 Å². The summed E-state index contributed by atoms with van der Waals surface area (Å²) in [5.74, 6) is -25.0. The third-order valence-corrected chi connectivity index (χ3v) is 17.0. The first kappa shape index (κ1) is 99.2. The zero-order valence-corrected chi connectivity index (χ0v) is 65.9. The number of nitrogens with one attached hydrogen (secondary N) is 8. The van der Waals surface area contributed by atoms with Crippen molar-refractivity contribution >= 4 is 141 Å². The Hall–Kier alpha value is -15.4. The summed E-state index contributed by atoms with van der Waals surface area (Å²) in [5.41, 5.74) is -12.7. The predicted molar refractivity (Wildman–Crippen MR) is 413 cm³/mol. The summed E-state index contributed by atoms with van der Waals surface area (Å²) >= 11 is 0. The minimum atomic E-state index is -2.01. The molecule has 10 rings (SSSR count). The van der Waals surface area contributed by atoms with Gasteiger partial charge in [0.15, 0.2) is 0 Å². The molecule has 16 N–H and O–H groups in total. The minimum absolute atomic E-state index is 0. The van der Waals surface area contributed by atoms with Crippen LogP contribution in [0.2, 0.25) is 0 Å². The van der Waals surface area contributed by atoms with Crippen LogP contribution in [0, 0.1) is 13.8 Å². The molecule has 0 unspecified atom stereocenters. The molecule has 0 saturated carbocycles. The molecule has 10 aromatic carbocycles. The molecule has 0 aliphatic heterocycles. The average molecular weight is 1660 g/mol. The van der Waals surface area contributed by atoms with Crippen LogP contribution < -0.4 is 138 Å². The number of aromatic carboxylic acids is 10. The number of aryl methyl sites for hydroxylation is 2. The van der Waals surface area contributed by atoms with E-state index in [9.17, 15) is 137 Å². The van der Waals surface area contributed by atoms with Gasteiger partial charge in [0.25, 0.3) is 47.3 Å². The van der Waals surface area contributed by atoms with Crippen LogP contribution in [-0.2, 0) is 0 Å². The molecular formula is C82H58Li4N8O30+2. The van der Waals surface area contributed by atoms with Gasteiger partial charge >= 0.3 is 123 Å². The fourth-order valence-corrected chi connectivity index (χ4v) is 11.2. The number of ether oxygens (including phenoxy) is 2. The Morgan fingerprint density at radius 1 is 0.226 bits per heavy atom. The molecule has 0 radical (unpaired) electrons. The van der Waals surface area contributed by atoms with E-state index >= 15 is 0 Å². The molecule has 0 atom stereocenters. The molecule has 42 heteroatoms. The second-order valence-corrected chi connectivity index (χ2v) is 25.1. The third-order valence-electron chi connectivity index (χ3n) is 17.0. The number of anilines is 6. The van der Waals surface area contributed by atoms with E-state index in [1.165, 1.54) is 48.5 Å². The first-order valence-corrected chi connectivity index (χ1v) is 34.1. The molecule has 10 aromatic rings. The average Bonchev–Trinajstić information content (AvgIpc) is 0.814. The van der Waals surface area contributed by atoms with E-state index < -0.39 is 224 Å². The summed E-state index contributed by atoms with van der Waals surface area (Å²) in [5, 5.41) is 120. The van der Waals surface area contributed by atoms with Crippen LogP contribution in [0.4, 0.5) is 34.1 Å². The van der Waals surface area contributed by atoms with Gasteiger partial charge in [-0.15, -0.1) is 0 Å². The molecule has 0 saturated heterocycles. The molecule has 38 nitrogen and oxygen atoms in total. The largest absolute Gasteiger partial charge is 1.00 e. The van der Waals surface area contributed by atoms with Gasteiger partial charge < -0.3 is 113 Å². The zero-order chi connectivity index (χ0) is 88.0. The maximum Gasteiger partial charge on any atom is 1.00 e. The van der Waals surface area contributed by atoms with Gasteiger partial charge in [-0.3, -0.25) is 38.4 Å². The van der Waals surface area contributed by atoms with Crippen molar-refractivity contribution in [2.45, 2.75) is 13.8 Å². The number of amides is 8. The summed E-state index contributed by atoms with van der Waals surface area (Å²) < 4.78 is 11.5. The van der Waals surface area contributed by atoms with E-state index in [-0.39, 0.29) is 92.5 Å². The Labute approximate surface area is 745 Å². The van der Waals surface area contributed by atoms with Gasteiger partial charge in [-0.05, 0) is 172 Å². The fraction of sp³-hybridized carbons (Fsp3) is 0.0488. The van der Waals surface area contributed by atoms with Gasteiger partial charge in [0.1, 0.15) is 23.0 Å². The van der Waals surface area contributed by atoms with Gasteiger partial charge in [-0.2, -0.15) is 0 Å². The second-order valence-electron chi connectivity index (χ2n) is 25.1. The van der Waals surface area contributed by atoms with Crippen LogP contribution >= 0.6 is 0 Å². The van der Waals surface area contributed by atoms with E-state index in [4.69, 9.17) is 9.47 Å². The van der Waals surface area contributed by atoms with Crippen LogP contribution in [0.1, 0.15) is 198 Å². The summed E-state index contributed by atoms with van der Waals surface area (Å²) in [6.07, 6.45) is 0. The van der Waals surface area contributed by atoms with Crippen molar-refractivity contribution in [2.75, 3.05) is 46.0 Å². The number of rotatable bonds is 28. The van der Waals surface area contributed by atoms with Gasteiger partial charge in [0, 0.05) is 70.5 Å². The van der Waals surface area contributed by atoms with E-state index in [1.807, 2.05) is 38.1 Å². The number of hydrogen-bond acceptors (Lipinski definition) is 22. The van der Waals surface area contributed by atoms with Crippen LogP contribution in [0.25, 0.3) is 0 Å². The first-order valence-electron chi connectivity index (χ1n) is 34.1. The SMILES string of the molecule is CNC(=O)c1cc(C(=O)Nc2cc(NC(=O)c3cc(C(=O)Nc4ccc(Oc5ccc(C)cc5)cc4)c(C(=O)O)cc3C(=O)O)cc(C(=O)O)c2)c(C(=O)O)cc1C(=O)O.CNC(=O)c1cc(C(=O)Nc2cc(NC(=O)c3cc(C(=O)Nc4ccc(Oc5ccc(C)cc5)cc4)c(C(=O)[O-])cc3C(=O)O)cc(C(=O)O)c2)c(C(=O)[O-])cc1C(=O)O.[Li+].[Li+].[Li+].[Li+]. The van der Waals surface area contributed by atoms with Gasteiger partial charge in [-0.25, -0.2) is 38.4 Å². The summed E-state index contributed by atoms with van der Waals surface area (Å²) in [6.45, 7) is 3.81. The van der Waals surface area contributed by atoms with Crippen molar-refractivity contribution in [3.8, 4) is 23.0 Å². The molecule has 0 aliphatic carbocycles. The second kappa shape index (κ2) is 43.0. The fourth-order valence-electron chi connectivity index (χ4n) is 11.2. The molecule has 0 aromatic heterocycles. The van der Waals surface area contributed by atoms with Gasteiger partial charge in [0.05, 0.1) is 89.8 Å². The number of carbonyl (C=O) groups excluding carboxylic acids is 10. The predicted octanol–water partition coefficient (Wildman–Crippen LogP) is -3.86. The normalized spacial score (nSPS) is 10.1. The Morgan fingerprint density at radius 3 is 0.597 bits per heavy atom. The quantitative estimate of drug-likeness (QED) is 0.0209. The van der Waals surface area contributed by atoms with Crippen LogP contribution in [0.15, 0.2) is 182 Å². The van der Waals surface area contributed by atoms with Crippen molar-refractivity contribution in [1.82, 2.24) is 10.6 Å². The van der Waals surface area contributed by atoms with E-state index in [2.05, 4.69) is 42.5 Å². The molecule has 608 valence electrons. The van der Waals surface area contributed by atoms with Crippen molar-refractivity contribution < 1.29 is 222 Å². The van der Waals surface area contributed by atoms with Crippen molar-refractivity contribution in [1.29, 1.82) is 0 Å². The van der Waals surface area contributed by atoms with Crippen LogP contribution in [-0.4, -0.2) is 162 Å². The summed E-state index contributed by atoms with van der Waals surface area (Å²) in [6, 6.07) is 36.6. The summed E-state index contributed by atoms with van der Waals surface area (Å²) in [7, 11) is 2.30. The molecule has 0 aliphatic rings. The number of hydrogen-bond donors (Lipinski definition) is 16. The maximum absolute atomic E-state index is 13.7. The third kappa shape index (κ3) is 24.5. The minimum Gasteiger partial charge on any atom is -0.545 e. The molecule has 0 heterocycles. The van der Waals surface area contributed by atoms with E-state index in [1.54, 1.807) is 24.3 Å². The zero-order valence-electron chi connectivity index (χ0n) is 65.9. The monoisotopic (exact) mass is 1660 g/mol. The van der Waals surface area contributed by atoms with E-state index in [0.29, 0.717) is 71.5 Å². The molecule has 0 spiro atoms. The topological polar surface area (TPSA) is 630 Å². The molecule has 8 amide bonds. The number of carbonyl (C=O) groups is 18. The Bertz CT molecular complexity index is 5700. The van der Waals surface area contributed by atoms with Crippen molar-refractivity contribution in [2.24, 2.45) is 0 Å². The number of carboxylic acid groups (broad SMARTS) is 10. The van der Waals surface area contributed by atoms with Crippen molar-refractivity contribution in [3.05, 3.63) is 293 Å². The molecule has 0 bridgehead atoms. The molecule has 0 fully saturated rings. The molecular weight excluding hydrogens is 1600 g/mol. The Balaban J connectivity index is 0.000000427. The van der Waals surface area contributed by atoms with Crippen LogP contribution in [0.5, 0.6) is 23.0 Å². The summed E-state index contributed by atoms with van der Waals surface area (Å²) in [4.78, 5) is 226. The van der Waals surface area contributed by atoms with Gasteiger partial charge in [-0.1, -0.05) is 35.4 Å². The van der Waals surface area contributed by atoms with Crippen LogP contribution in [0.3, 0.4) is 0 Å². The number of carboxylic acids is 10. The number of benzene rings is 10. The molecule has 124 heavy (non-hydrogen) atoms. The van der Waals surface area contributed by atoms with Gasteiger partial charge in [0.2, 0.25) is 0 Å². The standard InChI is InChI=1S/2C41H30N4O15.4Li/c2*1-18-3-7-23(8-4-18)60-24-9-5-20(6-10-24)43-34(47)27-15-28(32(41(58)59)17-31(27)40(56)57)36(49)45-22-12-19(37(50)51)11-21(13-22)44-35(48)26-14-25(33(46)42-2)29(38(52)53)16-30(26)39(54)55;;;;/h2*3-17H,1-2H3,(H,42,46)(H,43,47)(H,44,48)(H,45,49)(H,50,51)(H,52,53)(H,54,55)(H,56,57)(H,58,59);;;;/q;;4*+1/p-2. The van der Waals surface area contributed by atoms with Crippen molar-refractivity contribution in [3.63, 3.8) is 0 Å².